The lowest BCUT2D eigenvalue weighted by atomic mass is 10.1. The molecule has 0 fully saturated rings. The Kier molecular flexibility index (Phi) is 5.12. The summed E-state index contributed by atoms with van der Waals surface area (Å²) in [6.07, 6.45) is 0.574. The SMILES string of the molecule is NCCC[C@H](NS(=O)(=O)c1cccc2ccccc12)C(=O)O. The number of hydrogen-bond acceptors (Lipinski definition) is 4. The highest BCUT2D eigenvalue weighted by Crippen LogP contribution is 2.23. The molecule has 0 aromatic heterocycles. The van der Waals surface area contributed by atoms with E-state index in [4.69, 9.17) is 10.8 Å². The molecule has 0 radical (unpaired) electrons. The van der Waals surface area contributed by atoms with Gasteiger partial charge in [0.1, 0.15) is 6.04 Å². The Morgan fingerprint density at radius 3 is 2.55 bits per heavy atom. The zero-order valence-electron chi connectivity index (χ0n) is 11.9. The fraction of sp³-hybridized carbons (Fsp3) is 0.267. The van der Waals surface area contributed by atoms with Crippen LogP contribution in [0.3, 0.4) is 0 Å². The maximum Gasteiger partial charge on any atom is 0.321 e. The van der Waals surface area contributed by atoms with Crippen LogP contribution < -0.4 is 10.5 Å². The van der Waals surface area contributed by atoms with Gasteiger partial charge in [-0.3, -0.25) is 4.79 Å². The average molecular weight is 322 g/mol. The van der Waals surface area contributed by atoms with Gasteiger partial charge in [-0.2, -0.15) is 4.72 Å². The Labute approximate surface area is 129 Å². The molecule has 0 spiro atoms. The molecular formula is C15H18N2O4S. The van der Waals surface area contributed by atoms with Crippen LogP contribution in [0.4, 0.5) is 0 Å². The number of rotatable bonds is 7. The van der Waals surface area contributed by atoms with E-state index in [1.54, 1.807) is 30.3 Å². The minimum absolute atomic E-state index is 0.0737. The van der Waals surface area contributed by atoms with Crippen molar-refractivity contribution < 1.29 is 18.3 Å². The van der Waals surface area contributed by atoms with Crippen LogP contribution in [0.1, 0.15) is 12.8 Å². The Morgan fingerprint density at radius 1 is 1.18 bits per heavy atom. The first-order chi connectivity index (χ1) is 10.5. The van der Waals surface area contributed by atoms with Crippen LogP contribution in [-0.2, 0) is 14.8 Å². The Bertz CT molecular complexity index is 769. The highest BCUT2D eigenvalue weighted by atomic mass is 32.2. The third-order valence-corrected chi connectivity index (χ3v) is 4.86. The lowest BCUT2D eigenvalue weighted by Crippen LogP contribution is -2.41. The quantitative estimate of drug-likeness (QED) is 0.712. The molecule has 4 N–H and O–H groups in total. The first-order valence-electron chi connectivity index (χ1n) is 6.88. The van der Waals surface area contributed by atoms with Gasteiger partial charge in [0.15, 0.2) is 0 Å². The molecule has 0 aliphatic carbocycles. The van der Waals surface area contributed by atoms with E-state index in [9.17, 15) is 13.2 Å². The summed E-state index contributed by atoms with van der Waals surface area (Å²) < 4.78 is 27.3. The Balaban J connectivity index is 2.38. The van der Waals surface area contributed by atoms with Gasteiger partial charge in [0.25, 0.3) is 0 Å². The van der Waals surface area contributed by atoms with E-state index < -0.39 is 22.0 Å². The number of nitrogens with one attached hydrogen (secondary N) is 1. The van der Waals surface area contributed by atoms with E-state index in [1.165, 1.54) is 6.07 Å². The number of benzene rings is 2. The number of nitrogens with two attached hydrogens (primary N) is 1. The van der Waals surface area contributed by atoms with Gasteiger partial charge < -0.3 is 10.8 Å². The normalized spacial score (nSPS) is 13.1. The predicted molar refractivity (Wildman–Crippen MR) is 84.0 cm³/mol. The summed E-state index contributed by atoms with van der Waals surface area (Å²) in [7, 11) is -3.93. The molecule has 0 aliphatic rings. The highest BCUT2D eigenvalue weighted by molar-refractivity contribution is 7.89. The van der Waals surface area contributed by atoms with E-state index in [0.29, 0.717) is 18.4 Å². The minimum atomic E-state index is -3.93. The maximum atomic E-state index is 12.5. The van der Waals surface area contributed by atoms with Crippen molar-refractivity contribution in [2.45, 2.75) is 23.8 Å². The molecule has 1 atom stereocenters. The highest BCUT2D eigenvalue weighted by Gasteiger charge is 2.26. The summed E-state index contributed by atoms with van der Waals surface area (Å²) in [5.41, 5.74) is 5.36. The molecule has 0 amide bonds. The van der Waals surface area contributed by atoms with Crippen molar-refractivity contribution in [2.24, 2.45) is 5.73 Å². The van der Waals surface area contributed by atoms with Gasteiger partial charge in [0.05, 0.1) is 4.90 Å². The van der Waals surface area contributed by atoms with Crippen molar-refractivity contribution in [3.63, 3.8) is 0 Å². The monoisotopic (exact) mass is 322 g/mol. The van der Waals surface area contributed by atoms with Crippen LogP contribution in [0, 0.1) is 0 Å². The number of hydrogen-bond donors (Lipinski definition) is 3. The third-order valence-electron chi connectivity index (χ3n) is 3.33. The topological polar surface area (TPSA) is 109 Å². The zero-order valence-corrected chi connectivity index (χ0v) is 12.7. The van der Waals surface area contributed by atoms with Crippen LogP contribution in [0.5, 0.6) is 0 Å². The first kappa shape index (κ1) is 16.4. The summed E-state index contributed by atoms with van der Waals surface area (Å²) in [5, 5.41) is 10.5. The average Bonchev–Trinajstić information content (AvgIpc) is 2.50. The number of carboxylic acid groups (broad SMARTS) is 1. The van der Waals surface area contributed by atoms with Gasteiger partial charge in [0, 0.05) is 5.39 Å². The summed E-state index contributed by atoms with van der Waals surface area (Å²) in [4.78, 5) is 11.3. The van der Waals surface area contributed by atoms with Crippen LogP contribution in [0.25, 0.3) is 10.8 Å². The molecule has 0 aliphatic heterocycles. The standard InChI is InChI=1S/C15H18N2O4S/c16-10-4-8-13(15(18)19)17-22(20,21)14-9-3-6-11-5-1-2-7-12(11)14/h1-3,5-7,9,13,17H,4,8,10,16H2,(H,18,19)/t13-/m0/s1. The summed E-state index contributed by atoms with van der Waals surface area (Å²) in [5.74, 6) is -1.21. The number of carbonyl (C=O) groups is 1. The minimum Gasteiger partial charge on any atom is -0.480 e. The van der Waals surface area contributed by atoms with Crippen LogP contribution in [0.15, 0.2) is 47.4 Å². The van der Waals surface area contributed by atoms with E-state index >= 15 is 0 Å². The van der Waals surface area contributed by atoms with Gasteiger partial charge >= 0.3 is 5.97 Å². The van der Waals surface area contributed by atoms with Crippen LogP contribution in [0.2, 0.25) is 0 Å². The van der Waals surface area contributed by atoms with Crippen molar-refractivity contribution in [2.75, 3.05) is 6.54 Å². The summed E-state index contributed by atoms with van der Waals surface area (Å²) >= 11 is 0. The smallest absolute Gasteiger partial charge is 0.321 e. The second-order valence-electron chi connectivity index (χ2n) is 4.92. The fourth-order valence-corrected chi connectivity index (χ4v) is 3.69. The van der Waals surface area contributed by atoms with E-state index in [-0.39, 0.29) is 11.3 Å². The maximum absolute atomic E-state index is 12.5. The van der Waals surface area contributed by atoms with Crippen molar-refractivity contribution in [1.82, 2.24) is 4.72 Å². The molecule has 7 heteroatoms. The van der Waals surface area contributed by atoms with E-state index in [1.807, 2.05) is 6.07 Å². The molecule has 2 aromatic carbocycles. The molecule has 0 saturated carbocycles. The van der Waals surface area contributed by atoms with Crippen molar-refractivity contribution >= 4 is 26.8 Å². The number of carboxylic acids is 1. The van der Waals surface area contributed by atoms with Gasteiger partial charge in [-0.15, -0.1) is 0 Å². The molecule has 22 heavy (non-hydrogen) atoms. The fourth-order valence-electron chi connectivity index (χ4n) is 2.24. The van der Waals surface area contributed by atoms with Gasteiger partial charge in [-0.25, -0.2) is 8.42 Å². The van der Waals surface area contributed by atoms with Gasteiger partial charge in [-0.05, 0) is 30.8 Å². The second-order valence-corrected chi connectivity index (χ2v) is 6.60. The predicted octanol–water partition coefficient (Wildman–Crippen LogP) is 1.31. The molecule has 6 nitrogen and oxygen atoms in total. The van der Waals surface area contributed by atoms with Crippen LogP contribution in [-0.4, -0.2) is 32.1 Å². The largest absolute Gasteiger partial charge is 0.480 e. The van der Waals surface area contributed by atoms with Crippen molar-refractivity contribution in [3.8, 4) is 0 Å². The number of sulfonamides is 1. The summed E-state index contributed by atoms with van der Waals surface area (Å²) in [6, 6.07) is 10.8. The molecule has 2 rings (SSSR count). The van der Waals surface area contributed by atoms with Gasteiger partial charge in [0.2, 0.25) is 10.0 Å². The molecule has 2 aromatic rings. The van der Waals surface area contributed by atoms with E-state index in [2.05, 4.69) is 4.72 Å². The third kappa shape index (κ3) is 3.62. The molecule has 0 bridgehead atoms. The van der Waals surface area contributed by atoms with Crippen molar-refractivity contribution in [1.29, 1.82) is 0 Å². The second kappa shape index (κ2) is 6.87. The molecule has 0 unspecified atom stereocenters. The van der Waals surface area contributed by atoms with Crippen molar-refractivity contribution in [3.05, 3.63) is 42.5 Å². The summed E-state index contributed by atoms with van der Waals surface area (Å²) in [6.45, 7) is 0.305. The van der Waals surface area contributed by atoms with E-state index in [0.717, 1.165) is 5.39 Å². The first-order valence-corrected chi connectivity index (χ1v) is 8.37. The lowest BCUT2D eigenvalue weighted by Gasteiger charge is -2.15. The van der Waals surface area contributed by atoms with Crippen LogP contribution >= 0.6 is 0 Å². The Morgan fingerprint density at radius 2 is 1.86 bits per heavy atom. The molecule has 118 valence electrons. The molecule has 0 saturated heterocycles. The number of aliphatic carboxylic acids is 1. The zero-order chi connectivity index (χ0) is 16.2. The lowest BCUT2D eigenvalue weighted by molar-refractivity contribution is -0.139. The molecule has 0 heterocycles. The Hall–Kier alpha value is -1.96. The number of fused-ring (bicyclic) bond motifs is 1. The van der Waals surface area contributed by atoms with Gasteiger partial charge in [-0.1, -0.05) is 36.4 Å². The molecular weight excluding hydrogens is 304 g/mol.